The lowest BCUT2D eigenvalue weighted by molar-refractivity contribution is -0.138. The fourth-order valence-corrected chi connectivity index (χ4v) is 4.23. The summed E-state index contributed by atoms with van der Waals surface area (Å²) in [7, 11) is 0. The van der Waals surface area contributed by atoms with Crippen LogP contribution in [0.3, 0.4) is 0 Å². The Morgan fingerprint density at radius 2 is 1.85 bits per heavy atom. The number of piperidine rings is 1. The molecule has 0 radical (unpaired) electrons. The van der Waals surface area contributed by atoms with Crippen LogP contribution in [0, 0.1) is 5.82 Å². The monoisotopic (exact) mass is 361 g/mol. The van der Waals surface area contributed by atoms with Crippen molar-refractivity contribution in [2.45, 2.75) is 51.6 Å². The Labute approximate surface area is 157 Å². The molecule has 2 aliphatic rings. The molecule has 0 N–H and O–H groups in total. The van der Waals surface area contributed by atoms with Crippen LogP contribution in [-0.2, 0) is 11.3 Å². The quantitative estimate of drug-likeness (QED) is 0.806. The molecule has 1 unspecified atom stereocenters. The minimum absolute atomic E-state index is 0.0901. The van der Waals surface area contributed by atoms with Crippen molar-refractivity contribution in [2.75, 3.05) is 39.3 Å². The van der Waals surface area contributed by atoms with Crippen LogP contribution in [0.5, 0.6) is 0 Å². The van der Waals surface area contributed by atoms with Crippen LogP contribution in [0.25, 0.3) is 0 Å². The Balaban J connectivity index is 1.55. The molecule has 1 aromatic carbocycles. The number of hydrogen-bond donors (Lipinski definition) is 0. The van der Waals surface area contributed by atoms with Gasteiger partial charge >= 0.3 is 0 Å². The third kappa shape index (κ3) is 5.04. The maximum Gasteiger partial charge on any atom is 0.239 e. The maximum atomic E-state index is 13.1. The molecule has 2 fully saturated rings. The Bertz CT molecular complexity index is 575. The topological polar surface area (TPSA) is 26.8 Å². The van der Waals surface area contributed by atoms with E-state index in [0.717, 1.165) is 70.6 Å². The first-order chi connectivity index (χ1) is 12.7. The summed E-state index contributed by atoms with van der Waals surface area (Å²) in [5.74, 6) is 0.146. The fraction of sp³-hybridized carbons (Fsp3) is 0.667. The van der Waals surface area contributed by atoms with E-state index in [1.807, 2.05) is 12.1 Å². The van der Waals surface area contributed by atoms with Crippen molar-refractivity contribution in [1.29, 1.82) is 0 Å². The van der Waals surface area contributed by atoms with E-state index in [4.69, 9.17) is 0 Å². The summed E-state index contributed by atoms with van der Waals surface area (Å²) in [4.78, 5) is 20.0. The minimum Gasteiger partial charge on any atom is -0.340 e. The lowest BCUT2D eigenvalue weighted by Crippen LogP contribution is -2.51. The number of likely N-dealkylation sites (tertiary alicyclic amines) is 1. The second-order valence-corrected chi connectivity index (χ2v) is 7.63. The van der Waals surface area contributed by atoms with Gasteiger partial charge in [0.25, 0.3) is 0 Å². The van der Waals surface area contributed by atoms with Gasteiger partial charge in [-0.3, -0.25) is 14.6 Å². The average Bonchev–Trinajstić information content (AvgIpc) is 2.89. The average molecular weight is 362 g/mol. The van der Waals surface area contributed by atoms with E-state index in [1.165, 1.54) is 25.0 Å². The van der Waals surface area contributed by atoms with E-state index in [2.05, 4.69) is 21.6 Å². The molecule has 0 bridgehead atoms. The molecule has 2 aliphatic heterocycles. The highest BCUT2D eigenvalue weighted by atomic mass is 19.1. The molecule has 0 spiro atoms. The molecule has 2 saturated heterocycles. The van der Waals surface area contributed by atoms with Crippen molar-refractivity contribution in [3.8, 4) is 0 Å². The minimum atomic E-state index is -0.189. The van der Waals surface area contributed by atoms with E-state index >= 15 is 0 Å². The highest BCUT2D eigenvalue weighted by molar-refractivity contribution is 5.82. The van der Waals surface area contributed by atoms with Gasteiger partial charge in [0.15, 0.2) is 0 Å². The van der Waals surface area contributed by atoms with Gasteiger partial charge in [0.2, 0.25) is 5.91 Å². The standard InChI is InChI=1S/C21H32FN3O/c1-2-11-24-13-4-3-6-20(24)21(26)25-14-5-12-23(15-16-25)17-18-7-9-19(22)10-8-18/h7-10,20H,2-6,11-17H2,1H3. The molecule has 0 aromatic heterocycles. The summed E-state index contributed by atoms with van der Waals surface area (Å²) < 4.78 is 13.1. The van der Waals surface area contributed by atoms with Crippen LogP contribution in [0.4, 0.5) is 4.39 Å². The van der Waals surface area contributed by atoms with Gasteiger partial charge in [-0.15, -0.1) is 0 Å². The van der Waals surface area contributed by atoms with Gasteiger partial charge in [0.05, 0.1) is 6.04 Å². The Morgan fingerprint density at radius 1 is 1.04 bits per heavy atom. The van der Waals surface area contributed by atoms with Crippen LogP contribution in [-0.4, -0.2) is 65.9 Å². The van der Waals surface area contributed by atoms with Gasteiger partial charge in [0.1, 0.15) is 5.82 Å². The number of rotatable bonds is 5. The predicted octanol–water partition coefficient (Wildman–Crippen LogP) is 3.12. The van der Waals surface area contributed by atoms with Crippen molar-refractivity contribution < 1.29 is 9.18 Å². The van der Waals surface area contributed by atoms with Gasteiger partial charge < -0.3 is 4.90 Å². The predicted molar refractivity (Wildman–Crippen MR) is 102 cm³/mol. The summed E-state index contributed by atoms with van der Waals surface area (Å²) in [5, 5.41) is 0. The smallest absolute Gasteiger partial charge is 0.239 e. The van der Waals surface area contributed by atoms with E-state index in [-0.39, 0.29) is 11.9 Å². The highest BCUT2D eigenvalue weighted by Gasteiger charge is 2.32. The van der Waals surface area contributed by atoms with Crippen molar-refractivity contribution in [2.24, 2.45) is 0 Å². The van der Waals surface area contributed by atoms with E-state index in [9.17, 15) is 9.18 Å². The molecular weight excluding hydrogens is 329 g/mol. The molecular formula is C21H32FN3O. The first kappa shape index (κ1) is 19.3. The summed E-state index contributed by atoms with van der Waals surface area (Å²) in [6, 6.07) is 6.84. The Hall–Kier alpha value is -1.46. The van der Waals surface area contributed by atoms with Gasteiger partial charge in [-0.05, 0) is 56.5 Å². The van der Waals surface area contributed by atoms with E-state index < -0.39 is 0 Å². The zero-order valence-corrected chi connectivity index (χ0v) is 16.0. The normalized spacial score (nSPS) is 23.0. The number of carbonyl (C=O) groups excluding carboxylic acids is 1. The maximum absolute atomic E-state index is 13.1. The number of amides is 1. The van der Waals surface area contributed by atoms with Gasteiger partial charge in [0, 0.05) is 32.7 Å². The lowest BCUT2D eigenvalue weighted by atomic mass is 10.0. The van der Waals surface area contributed by atoms with E-state index in [0.29, 0.717) is 5.91 Å². The molecule has 1 amide bonds. The summed E-state index contributed by atoms with van der Waals surface area (Å²) >= 11 is 0. The van der Waals surface area contributed by atoms with Crippen LogP contribution in [0.1, 0.15) is 44.6 Å². The number of hydrogen-bond acceptors (Lipinski definition) is 3. The first-order valence-electron chi connectivity index (χ1n) is 10.2. The van der Waals surface area contributed by atoms with Crippen molar-refractivity contribution in [3.05, 3.63) is 35.6 Å². The van der Waals surface area contributed by atoms with Crippen molar-refractivity contribution in [3.63, 3.8) is 0 Å². The third-order valence-corrected chi connectivity index (χ3v) is 5.63. The van der Waals surface area contributed by atoms with Gasteiger partial charge in [-0.2, -0.15) is 0 Å². The number of carbonyl (C=O) groups is 1. The van der Waals surface area contributed by atoms with Crippen LogP contribution < -0.4 is 0 Å². The number of halogens is 1. The summed E-state index contributed by atoms with van der Waals surface area (Å²) in [6.45, 7) is 8.65. The van der Waals surface area contributed by atoms with Gasteiger partial charge in [-0.1, -0.05) is 25.5 Å². The second kappa shape index (κ2) is 9.47. The number of nitrogens with zero attached hydrogens (tertiary/aromatic N) is 3. The van der Waals surface area contributed by atoms with Crippen LogP contribution >= 0.6 is 0 Å². The first-order valence-corrected chi connectivity index (χ1v) is 10.2. The van der Waals surface area contributed by atoms with Crippen molar-refractivity contribution >= 4 is 5.91 Å². The zero-order chi connectivity index (χ0) is 18.4. The lowest BCUT2D eigenvalue weighted by Gasteiger charge is -2.37. The molecule has 144 valence electrons. The van der Waals surface area contributed by atoms with E-state index in [1.54, 1.807) is 0 Å². The Kier molecular flexibility index (Phi) is 7.03. The van der Waals surface area contributed by atoms with Crippen LogP contribution in [0.15, 0.2) is 24.3 Å². The molecule has 4 nitrogen and oxygen atoms in total. The molecule has 0 aliphatic carbocycles. The molecule has 2 heterocycles. The van der Waals surface area contributed by atoms with Gasteiger partial charge in [-0.25, -0.2) is 4.39 Å². The van der Waals surface area contributed by atoms with Crippen LogP contribution in [0.2, 0.25) is 0 Å². The highest BCUT2D eigenvalue weighted by Crippen LogP contribution is 2.20. The Morgan fingerprint density at radius 3 is 2.62 bits per heavy atom. The van der Waals surface area contributed by atoms with Crippen molar-refractivity contribution in [1.82, 2.24) is 14.7 Å². The fourth-order valence-electron chi connectivity index (χ4n) is 4.23. The SMILES string of the molecule is CCCN1CCCCC1C(=O)N1CCCN(Cc2ccc(F)cc2)CC1. The molecule has 3 rings (SSSR count). The second-order valence-electron chi connectivity index (χ2n) is 7.63. The molecule has 26 heavy (non-hydrogen) atoms. The zero-order valence-electron chi connectivity index (χ0n) is 16.0. The summed E-state index contributed by atoms with van der Waals surface area (Å²) in [5.41, 5.74) is 1.13. The molecule has 0 saturated carbocycles. The molecule has 1 aromatic rings. The molecule has 5 heteroatoms. The summed E-state index contributed by atoms with van der Waals surface area (Å²) in [6.07, 6.45) is 5.51. The third-order valence-electron chi connectivity index (χ3n) is 5.63. The molecule has 1 atom stereocenters. The largest absolute Gasteiger partial charge is 0.340 e. The number of benzene rings is 1.